The molecule has 1 aromatic carbocycles. The highest BCUT2D eigenvalue weighted by Crippen LogP contribution is 2.41. The number of halogens is 1. The summed E-state index contributed by atoms with van der Waals surface area (Å²) in [7, 11) is -4.24. The van der Waals surface area contributed by atoms with Gasteiger partial charge < -0.3 is 9.47 Å². The maximum absolute atomic E-state index is 14.9. The predicted octanol–water partition coefficient (Wildman–Crippen LogP) is 4.73. The van der Waals surface area contributed by atoms with Gasteiger partial charge in [-0.1, -0.05) is 0 Å². The molecule has 1 aliphatic rings. The van der Waals surface area contributed by atoms with E-state index in [4.69, 9.17) is 9.47 Å². The number of hydrogen-bond donors (Lipinski definition) is 0. The SMILES string of the molecule is CC(C)(C)OC(=O)N(C(=O)OC(C)(C)C)C1=N[C@](C)(c2cc([N+](=O)[O-])ccc2F)CS(=O)(=O)C1(C)C. The molecule has 1 aliphatic heterocycles. The van der Waals surface area contributed by atoms with Crippen molar-refractivity contribution in [3.05, 3.63) is 39.7 Å². The molecule has 0 fully saturated rings. The van der Waals surface area contributed by atoms with Gasteiger partial charge in [0.25, 0.3) is 5.69 Å². The topological polar surface area (TPSA) is 145 Å². The second-order valence-electron chi connectivity index (χ2n) is 11.2. The van der Waals surface area contributed by atoms with Gasteiger partial charge in [-0.3, -0.25) is 15.1 Å². The number of nitro benzene ring substituents is 1. The molecule has 0 bridgehead atoms. The number of carbonyl (C=O) groups excluding carboxylic acids is 2. The Kier molecular flexibility index (Phi) is 7.36. The van der Waals surface area contributed by atoms with Gasteiger partial charge in [0.15, 0.2) is 9.84 Å². The lowest BCUT2D eigenvalue weighted by molar-refractivity contribution is -0.385. The van der Waals surface area contributed by atoms with Crippen LogP contribution in [0, 0.1) is 15.9 Å². The molecule has 0 saturated carbocycles. The number of sulfone groups is 1. The third-order valence-corrected chi connectivity index (χ3v) is 7.92. The maximum atomic E-state index is 14.9. The van der Waals surface area contributed by atoms with Crippen LogP contribution >= 0.6 is 0 Å². The van der Waals surface area contributed by atoms with Gasteiger partial charge in [0, 0.05) is 17.7 Å². The van der Waals surface area contributed by atoms with Crippen molar-refractivity contribution in [2.24, 2.45) is 4.99 Å². The number of nitrogens with zero attached hydrogens (tertiary/aromatic N) is 3. The second kappa shape index (κ2) is 9.09. The van der Waals surface area contributed by atoms with Gasteiger partial charge in [-0.15, -0.1) is 0 Å². The van der Waals surface area contributed by atoms with Crippen LogP contribution in [0.4, 0.5) is 19.7 Å². The fraction of sp³-hybridized carbons (Fsp3) is 0.609. The van der Waals surface area contributed by atoms with E-state index in [9.17, 15) is 32.5 Å². The second-order valence-corrected chi connectivity index (χ2v) is 13.7. The van der Waals surface area contributed by atoms with E-state index in [2.05, 4.69) is 4.99 Å². The lowest BCUT2D eigenvalue weighted by Crippen LogP contribution is -2.61. The van der Waals surface area contributed by atoms with Crippen LogP contribution in [-0.4, -0.2) is 58.0 Å². The highest BCUT2D eigenvalue weighted by atomic mass is 32.2. The molecule has 0 radical (unpaired) electrons. The van der Waals surface area contributed by atoms with E-state index in [0.29, 0.717) is 4.90 Å². The minimum atomic E-state index is -4.24. The van der Waals surface area contributed by atoms with Gasteiger partial charge in [-0.25, -0.2) is 22.4 Å². The Morgan fingerprint density at radius 1 is 1.06 bits per heavy atom. The fourth-order valence-corrected chi connectivity index (χ4v) is 5.19. The lowest BCUT2D eigenvalue weighted by Gasteiger charge is -2.42. The summed E-state index contributed by atoms with van der Waals surface area (Å²) in [5.74, 6) is -2.25. The molecular formula is C23H32FN3O8S. The van der Waals surface area contributed by atoms with Gasteiger partial charge >= 0.3 is 12.2 Å². The zero-order chi connectivity index (χ0) is 28.1. The van der Waals surface area contributed by atoms with Crippen LogP contribution in [0.3, 0.4) is 0 Å². The Bertz CT molecular complexity index is 1200. The van der Waals surface area contributed by atoms with E-state index < -0.39 is 71.5 Å². The number of benzene rings is 1. The standard InChI is InChI=1S/C23H32FN3O8S/c1-20(2,3)34-18(28)26(19(29)35-21(4,5)6)17-22(7,8)36(32,33)13-23(9,25-17)15-12-14(27(30)31)10-11-16(15)24/h10-12H,13H2,1-9H3/t23-/m0/s1. The molecule has 0 unspecified atom stereocenters. The van der Waals surface area contributed by atoms with Crippen molar-refractivity contribution < 1.29 is 36.8 Å². The van der Waals surface area contributed by atoms with Crippen LogP contribution < -0.4 is 0 Å². The number of hydrogen-bond acceptors (Lipinski definition) is 9. The molecule has 1 aromatic rings. The smallest absolute Gasteiger partial charge is 0.425 e. The number of carbonyl (C=O) groups is 2. The number of rotatable bonds is 2. The summed E-state index contributed by atoms with van der Waals surface area (Å²) in [5.41, 5.74) is -4.96. The number of amidine groups is 1. The molecule has 13 heteroatoms. The van der Waals surface area contributed by atoms with Gasteiger partial charge in [0.1, 0.15) is 33.1 Å². The molecule has 0 spiro atoms. The van der Waals surface area contributed by atoms with E-state index in [0.717, 1.165) is 18.2 Å². The van der Waals surface area contributed by atoms with Crippen molar-refractivity contribution in [2.75, 3.05) is 5.75 Å². The summed E-state index contributed by atoms with van der Waals surface area (Å²) >= 11 is 0. The summed E-state index contributed by atoms with van der Waals surface area (Å²) in [4.78, 5) is 41.7. The maximum Gasteiger partial charge on any atom is 0.425 e. The van der Waals surface area contributed by atoms with Crippen LogP contribution in [0.2, 0.25) is 0 Å². The number of nitro groups is 1. The van der Waals surface area contributed by atoms with Crippen LogP contribution in [0.25, 0.3) is 0 Å². The van der Waals surface area contributed by atoms with Gasteiger partial charge in [-0.05, 0) is 68.4 Å². The van der Waals surface area contributed by atoms with Crippen molar-refractivity contribution in [2.45, 2.75) is 83.8 Å². The number of ether oxygens (including phenoxy) is 2. The average Bonchev–Trinajstić information content (AvgIpc) is 2.63. The van der Waals surface area contributed by atoms with E-state index in [1.165, 1.54) is 20.8 Å². The Morgan fingerprint density at radius 2 is 1.53 bits per heavy atom. The highest BCUT2D eigenvalue weighted by Gasteiger charge is 2.55. The van der Waals surface area contributed by atoms with E-state index in [-0.39, 0.29) is 5.56 Å². The number of non-ortho nitro benzene ring substituents is 1. The highest BCUT2D eigenvalue weighted by molar-refractivity contribution is 7.93. The van der Waals surface area contributed by atoms with Crippen LogP contribution in [-0.2, 0) is 24.8 Å². The summed E-state index contributed by atoms with van der Waals surface area (Å²) in [6.45, 7) is 13.0. The summed E-state index contributed by atoms with van der Waals surface area (Å²) in [5, 5.41) is 11.3. The molecule has 0 N–H and O–H groups in total. The summed E-state index contributed by atoms with van der Waals surface area (Å²) in [6.07, 6.45) is -2.50. The zero-order valence-electron chi connectivity index (χ0n) is 21.8. The first-order valence-corrected chi connectivity index (χ1v) is 12.7. The first kappa shape index (κ1) is 29.1. The Morgan fingerprint density at radius 3 is 1.94 bits per heavy atom. The third-order valence-electron chi connectivity index (χ3n) is 5.24. The fourth-order valence-electron chi connectivity index (χ4n) is 3.45. The first-order valence-electron chi connectivity index (χ1n) is 11.0. The normalized spacial score (nSPS) is 21.2. The molecule has 1 atom stereocenters. The minimum absolute atomic E-state index is 0.387. The van der Waals surface area contributed by atoms with E-state index in [1.807, 2.05) is 0 Å². The van der Waals surface area contributed by atoms with Crippen LogP contribution in [0.1, 0.15) is 67.9 Å². The summed E-state index contributed by atoms with van der Waals surface area (Å²) in [6, 6.07) is 2.65. The number of aliphatic imine (C=N–C) groups is 1. The number of imide groups is 1. The average molecular weight is 530 g/mol. The van der Waals surface area contributed by atoms with Crippen molar-refractivity contribution in [1.82, 2.24) is 4.90 Å². The quantitative estimate of drug-likeness (QED) is 0.395. The zero-order valence-corrected chi connectivity index (χ0v) is 22.6. The molecule has 2 amide bonds. The molecule has 200 valence electrons. The van der Waals surface area contributed by atoms with Crippen molar-refractivity contribution in [1.29, 1.82) is 0 Å². The molecule has 0 saturated heterocycles. The van der Waals surface area contributed by atoms with Crippen LogP contribution in [0.15, 0.2) is 23.2 Å². The van der Waals surface area contributed by atoms with Crippen molar-refractivity contribution in [3.63, 3.8) is 0 Å². The predicted molar refractivity (Wildman–Crippen MR) is 130 cm³/mol. The number of amides is 2. The lowest BCUT2D eigenvalue weighted by atomic mass is 9.92. The molecule has 36 heavy (non-hydrogen) atoms. The minimum Gasteiger partial charge on any atom is -0.443 e. The molecule has 0 aliphatic carbocycles. The molecule has 11 nitrogen and oxygen atoms in total. The Balaban J connectivity index is 2.88. The van der Waals surface area contributed by atoms with Gasteiger partial charge in [0.2, 0.25) is 0 Å². The largest absolute Gasteiger partial charge is 0.443 e. The van der Waals surface area contributed by atoms with Crippen molar-refractivity contribution >= 4 is 33.5 Å². The Labute approximate surface area is 209 Å². The van der Waals surface area contributed by atoms with Gasteiger partial charge in [0.05, 0.1) is 10.7 Å². The molecule has 1 heterocycles. The molecular weight excluding hydrogens is 497 g/mol. The van der Waals surface area contributed by atoms with Crippen LogP contribution in [0.5, 0.6) is 0 Å². The van der Waals surface area contributed by atoms with Crippen molar-refractivity contribution in [3.8, 4) is 0 Å². The monoisotopic (exact) mass is 529 g/mol. The summed E-state index contributed by atoms with van der Waals surface area (Å²) < 4.78 is 50.7. The molecule has 0 aromatic heterocycles. The third kappa shape index (κ3) is 6.00. The molecule has 2 rings (SSSR count). The Hall–Kier alpha value is -3.09. The van der Waals surface area contributed by atoms with E-state index >= 15 is 0 Å². The first-order chi connectivity index (χ1) is 16.0. The van der Waals surface area contributed by atoms with E-state index in [1.54, 1.807) is 41.5 Å². The van der Waals surface area contributed by atoms with Gasteiger partial charge in [-0.2, -0.15) is 4.90 Å².